The van der Waals surface area contributed by atoms with Crippen LogP contribution in [0.5, 0.6) is 0 Å². The molecule has 0 saturated heterocycles. The Balaban J connectivity index is 1.39. The van der Waals surface area contributed by atoms with Crippen LogP contribution in [0.3, 0.4) is 0 Å². The Labute approximate surface area is 151 Å². The van der Waals surface area contributed by atoms with E-state index in [1.165, 1.54) is 12.8 Å². The third-order valence-corrected chi connectivity index (χ3v) is 8.73. The molecule has 2 aromatic rings. The SMILES string of the molecule is C[C@]12CCc3nonc3[C@H]1CC[C@@H]1[C@@H]2CC[C@]2(C)c3no[n+]([O-])c3C[C@@H]12. The fourth-order valence-corrected chi connectivity index (χ4v) is 7.37. The molecule has 0 spiro atoms. The Bertz CT molecular complexity index is 891. The quantitative estimate of drug-likeness (QED) is 0.674. The minimum atomic E-state index is -0.00582. The van der Waals surface area contributed by atoms with Gasteiger partial charge in [-0.3, -0.25) is 4.63 Å². The zero-order valence-corrected chi connectivity index (χ0v) is 15.3. The molecule has 26 heavy (non-hydrogen) atoms. The second kappa shape index (κ2) is 4.67. The highest BCUT2D eigenvalue weighted by atomic mass is 16.8. The summed E-state index contributed by atoms with van der Waals surface area (Å²) in [7, 11) is 0. The van der Waals surface area contributed by atoms with Crippen molar-refractivity contribution in [2.24, 2.45) is 23.2 Å². The third kappa shape index (κ3) is 1.61. The predicted molar refractivity (Wildman–Crippen MR) is 88.9 cm³/mol. The Morgan fingerprint density at radius 3 is 2.85 bits per heavy atom. The van der Waals surface area contributed by atoms with E-state index in [2.05, 4.69) is 29.3 Å². The first-order valence-electron chi connectivity index (χ1n) is 9.93. The maximum absolute atomic E-state index is 12.0. The smallest absolute Gasteiger partial charge is 0.227 e. The van der Waals surface area contributed by atoms with Crippen molar-refractivity contribution < 1.29 is 14.2 Å². The molecule has 7 heteroatoms. The van der Waals surface area contributed by atoms with Gasteiger partial charge in [-0.2, -0.15) is 0 Å². The van der Waals surface area contributed by atoms with Crippen molar-refractivity contribution in [3.8, 4) is 0 Å². The summed E-state index contributed by atoms with van der Waals surface area (Å²) in [6.07, 6.45) is 7.57. The predicted octanol–water partition coefficient (Wildman–Crippen LogP) is 2.68. The summed E-state index contributed by atoms with van der Waals surface area (Å²) in [6, 6.07) is 0. The van der Waals surface area contributed by atoms with Crippen LogP contribution in [0.2, 0.25) is 0 Å². The van der Waals surface area contributed by atoms with Gasteiger partial charge >= 0.3 is 0 Å². The third-order valence-electron chi connectivity index (χ3n) is 8.73. The fourth-order valence-electron chi connectivity index (χ4n) is 7.37. The van der Waals surface area contributed by atoms with Gasteiger partial charge in [-0.15, -0.1) is 0 Å². The summed E-state index contributed by atoms with van der Waals surface area (Å²) in [5.41, 5.74) is 4.14. The first-order valence-corrected chi connectivity index (χ1v) is 9.93. The van der Waals surface area contributed by atoms with Gasteiger partial charge in [0.1, 0.15) is 11.4 Å². The van der Waals surface area contributed by atoms with E-state index in [9.17, 15) is 5.21 Å². The van der Waals surface area contributed by atoms with Gasteiger partial charge in [-0.05, 0) is 66.6 Å². The minimum Gasteiger partial charge on any atom is -0.359 e. The van der Waals surface area contributed by atoms with Gasteiger partial charge in [0.15, 0.2) is 5.69 Å². The molecule has 2 heterocycles. The molecule has 138 valence electrons. The first kappa shape index (κ1) is 15.2. The van der Waals surface area contributed by atoms with Crippen LogP contribution in [-0.4, -0.2) is 15.5 Å². The van der Waals surface area contributed by atoms with Crippen LogP contribution in [0.1, 0.15) is 74.6 Å². The molecule has 0 aromatic carbocycles. The highest BCUT2D eigenvalue weighted by Crippen LogP contribution is 2.66. The average Bonchev–Trinajstić information content (AvgIpc) is 3.30. The molecule has 6 rings (SSSR count). The minimum absolute atomic E-state index is 0.00582. The van der Waals surface area contributed by atoms with E-state index in [1.54, 1.807) is 0 Å². The second-order valence-corrected chi connectivity index (χ2v) is 9.49. The van der Waals surface area contributed by atoms with Crippen LogP contribution in [0.15, 0.2) is 9.26 Å². The number of hydrogen-bond acceptors (Lipinski definition) is 6. The molecule has 6 atom stereocenters. The van der Waals surface area contributed by atoms with E-state index < -0.39 is 0 Å². The van der Waals surface area contributed by atoms with E-state index in [0.717, 1.165) is 54.9 Å². The monoisotopic (exact) mass is 356 g/mol. The van der Waals surface area contributed by atoms with Gasteiger partial charge in [0.2, 0.25) is 5.69 Å². The van der Waals surface area contributed by atoms with Crippen LogP contribution >= 0.6 is 0 Å². The Morgan fingerprint density at radius 2 is 1.96 bits per heavy atom. The molecule has 0 aliphatic heterocycles. The molecule has 0 N–H and O–H groups in total. The molecule has 2 saturated carbocycles. The molecule has 0 amide bonds. The zero-order valence-electron chi connectivity index (χ0n) is 15.3. The van der Waals surface area contributed by atoms with Gasteiger partial charge in [0, 0.05) is 22.9 Å². The van der Waals surface area contributed by atoms with Crippen molar-refractivity contribution in [1.82, 2.24) is 15.5 Å². The summed E-state index contributed by atoms with van der Waals surface area (Å²) in [5, 5.41) is 24.6. The Morgan fingerprint density at radius 1 is 1.08 bits per heavy atom. The van der Waals surface area contributed by atoms with Gasteiger partial charge in [0.25, 0.3) is 0 Å². The lowest BCUT2D eigenvalue weighted by molar-refractivity contribution is -0.808. The summed E-state index contributed by atoms with van der Waals surface area (Å²) in [5.74, 6) is 2.29. The highest BCUT2D eigenvalue weighted by Gasteiger charge is 2.63. The summed E-state index contributed by atoms with van der Waals surface area (Å²) >= 11 is 0. The van der Waals surface area contributed by atoms with Gasteiger partial charge in [-0.25, -0.2) is 4.63 Å². The summed E-state index contributed by atoms with van der Waals surface area (Å²) < 4.78 is 9.98. The van der Waals surface area contributed by atoms with Crippen LogP contribution in [-0.2, 0) is 18.3 Å². The number of hydrogen-bond donors (Lipinski definition) is 0. The lowest BCUT2D eigenvalue weighted by Gasteiger charge is -2.58. The number of aromatic nitrogens is 4. The summed E-state index contributed by atoms with van der Waals surface area (Å²) in [6.45, 7) is 4.77. The van der Waals surface area contributed by atoms with E-state index in [1.807, 2.05) is 0 Å². The van der Waals surface area contributed by atoms with Crippen LogP contribution in [0, 0.1) is 28.4 Å². The van der Waals surface area contributed by atoms with Crippen molar-refractivity contribution in [3.63, 3.8) is 0 Å². The summed E-state index contributed by atoms with van der Waals surface area (Å²) in [4.78, 5) is 0.648. The van der Waals surface area contributed by atoms with Crippen molar-refractivity contribution in [1.29, 1.82) is 0 Å². The maximum atomic E-state index is 12.0. The zero-order chi connectivity index (χ0) is 17.7. The number of aryl methyl sites for hydroxylation is 1. The van der Waals surface area contributed by atoms with Gasteiger partial charge in [0.05, 0.1) is 0 Å². The Kier molecular flexibility index (Phi) is 2.73. The molecular weight excluding hydrogens is 332 g/mol. The lowest BCUT2D eigenvalue weighted by Crippen LogP contribution is -2.53. The van der Waals surface area contributed by atoms with E-state index in [4.69, 9.17) is 9.26 Å². The first-order chi connectivity index (χ1) is 12.5. The Hall–Kier alpha value is -1.92. The number of nitrogens with zero attached hydrogens (tertiary/aromatic N) is 4. The molecule has 4 aliphatic carbocycles. The lowest BCUT2D eigenvalue weighted by atomic mass is 9.45. The highest BCUT2D eigenvalue weighted by molar-refractivity contribution is 5.31. The maximum Gasteiger partial charge on any atom is 0.227 e. The number of rotatable bonds is 0. The topological polar surface area (TPSA) is 91.9 Å². The molecule has 0 bridgehead atoms. The molecule has 0 radical (unpaired) electrons. The average molecular weight is 356 g/mol. The van der Waals surface area contributed by atoms with Crippen LogP contribution in [0.25, 0.3) is 0 Å². The second-order valence-electron chi connectivity index (χ2n) is 9.49. The van der Waals surface area contributed by atoms with Crippen molar-refractivity contribution >= 4 is 0 Å². The molecule has 2 aromatic heterocycles. The van der Waals surface area contributed by atoms with Crippen molar-refractivity contribution in [2.75, 3.05) is 0 Å². The molecular formula is C19H24N4O3. The largest absolute Gasteiger partial charge is 0.359 e. The van der Waals surface area contributed by atoms with Crippen molar-refractivity contribution in [2.45, 2.75) is 70.1 Å². The normalized spacial score (nSPS) is 43.2. The van der Waals surface area contributed by atoms with E-state index in [0.29, 0.717) is 28.6 Å². The van der Waals surface area contributed by atoms with E-state index in [-0.39, 0.29) is 10.8 Å². The standard InChI is InChI=1S/C19H24N4O3/c1-18-8-6-14-16(21-25-20-14)12(18)4-3-10-11(18)5-7-19(2)13(10)9-15-17(19)22-26-23(15)24/h10-13H,3-9H2,1-2H3/t10-,11+,12-,13+,18-,19+/m1/s1. The van der Waals surface area contributed by atoms with Gasteiger partial charge < -0.3 is 5.21 Å². The molecule has 4 aliphatic rings. The number of fused-ring (bicyclic) bond motifs is 9. The van der Waals surface area contributed by atoms with Crippen LogP contribution in [0.4, 0.5) is 0 Å². The fraction of sp³-hybridized carbons (Fsp3) is 0.789. The van der Waals surface area contributed by atoms with Crippen LogP contribution < -0.4 is 4.90 Å². The van der Waals surface area contributed by atoms with E-state index >= 15 is 0 Å². The molecule has 0 unspecified atom stereocenters. The van der Waals surface area contributed by atoms with Crippen molar-refractivity contribution in [3.05, 3.63) is 28.0 Å². The van der Waals surface area contributed by atoms with Gasteiger partial charge in [-0.1, -0.05) is 24.2 Å². The molecule has 2 fully saturated rings. The molecule has 7 nitrogen and oxygen atoms in total.